The van der Waals surface area contributed by atoms with E-state index in [2.05, 4.69) is 4.74 Å². The molecule has 0 fully saturated rings. The first-order valence-electron chi connectivity index (χ1n) is 3.34. The molecule has 6 nitrogen and oxygen atoms in total. The van der Waals surface area contributed by atoms with E-state index in [4.69, 9.17) is 15.0 Å². The normalized spacial score (nSPS) is 10.8. The number of carboxylic acid groups (broad SMARTS) is 2. The van der Waals surface area contributed by atoms with Gasteiger partial charge in [-0.3, -0.25) is 4.79 Å². The van der Waals surface area contributed by atoms with Crippen LogP contribution in [0.5, 0.6) is 0 Å². The number of methoxy groups -OCH3 is 1. The van der Waals surface area contributed by atoms with Gasteiger partial charge in [-0.2, -0.15) is 0 Å². The predicted molar refractivity (Wildman–Crippen MR) is 42.4 cm³/mol. The van der Waals surface area contributed by atoms with E-state index in [1.165, 1.54) is 7.11 Å². The van der Waals surface area contributed by atoms with E-state index in [1.807, 2.05) is 6.79 Å². The zero-order valence-electron chi connectivity index (χ0n) is 7.23. The molecular formula is C7H12O6. The predicted octanol–water partition coefficient (Wildman–Crippen LogP) is -0.234. The molecule has 0 spiro atoms. The summed E-state index contributed by atoms with van der Waals surface area (Å²) in [6.07, 6.45) is -1.20. The molecule has 0 aliphatic rings. The van der Waals surface area contributed by atoms with Crippen LogP contribution in [0.1, 0.15) is 12.8 Å². The highest BCUT2D eigenvalue weighted by atomic mass is 16.5. The second-order valence-electron chi connectivity index (χ2n) is 1.99. The highest BCUT2D eigenvalue weighted by Gasteiger charge is 2.16. The van der Waals surface area contributed by atoms with Gasteiger partial charge in [-0.1, -0.05) is 0 Å². The molecular weight excluding hydrogens is 180 g/mol. The first-order chi connectivity index (χ1) is 6.07. The third-order valence-corrected chi connectivity index (χ3v) is 1.18. The van der Waals surface area contributed by atoms with Crippen LogP contribution in [-0.4, -0.2) is 42.2 Å². The van der Waals surface area contributed by atoms with Crippen molar-refractivity contribution >= 4 is 18.7 Å². The van der Waals surface area contributed by atoms with E-state index < -0.39 is 18.0 Å². The number of hydrogen-bond donors (Lipinski definition) is 2. The fourth-order valence-corrected chi connectivity index (χ4v) is 0.597. The molecule has 0 aromatic carbocycles. The number of hydrogen-bond acceptors (Lipinski definition) is 4. The molecule has 6 heteroatoms. The van der Waals surface area contributed by atoms with E-state index in [1.54, 1.807) is 0 Å². The van der Waals surface area contributed by atoms with Crippen molar-refractivity contribution in [3.63, 3.8) is 0 Å². The van der Waals surface area contributed by atoms with Crippen LogP contribution in [-0.2, 0) is 19.1 Å². The maximum atomic E-state index is 10.2. The number of carbonyl (C=O) groups is 3. The number of carboxylic acids is 2. The van der Waals surface area contributed by atoms with Crippen molar-refractivity contribution in [2.45, 2.75) is 18.9 Å². The second kappa shape index (κ2) is 8.66. The van der Waals surface area contributed by atoms with Crippen LogP contribution < -0.4 is 0 Å². The lowest BCUT2D eigenvalue weighted by molar-refractivity contribution is -0.149. The molecule has 13 heavy (non-hydrogen) atoms. The average molecular weight is 192 g/mol. The van der Waals surface area contributed by atoms with E-state index in [-0.39, 0.29) is 12.8 Å². The standard InChI is InChI=1S/C6H10O5.CH2O/c1-11-4(6(9)10)2-3-5(7)8;1-2/h4H,2-3H2,1H3,(H,7,8)(H,9,10);1H2. The summed E-state index contributed by atoms with van der Waals surface area (Å²) in [5.41, 5.74) is 0. The maximum absolute atomic E-state index is 10.2. The Labute approximate surface area is 75.1 Å². The summed E-state index contributed by atoms with van der Waals surface area (Å²) < 4.78 is 4.50. The minimum Gasteiger partial charge on any atom is -0.481 e. The van der Waals surface area contributed by atoms with E-state index >= 15 is 0 Å². The van der Waals surface area contributed by atoms with Gasteiger partial charge in [-0.05, 0) is 6.42 Å². The van der Waals surface area contributed by atoms with E-state index in [9.17, 15) is 9.59 Å². The van der Waals surface area contributed by atoms with Gasteiger partial charge in [-0.25, -0.2) is 4.79 Å². The van der Waals surface area contributed by atoms with Gasteiger partial charge in [0, 0.05) is 13.5 Å². The summed E-state index contributed by atoms with van der Waals surface area (Å²) in [5.74, 6) is -2.15. The lowest BCUT2D eigenvalue weighted by Gasteiger charge is -2.07. The summed E-state index contributed by atoms with van der Waals surface area (Å²) in [6.45, 7) is 2.00. The molecule has 0 heterocycles. The molecule has 0 aromatic rings. The molecule has 1 atom stereocenters. The quantitative estimate of drug-likeness (QED) is 0.623. The monoisotopic (exact) mass is 192 g/mol. The lowest BCUT2D eigenvalue weighted by atomic mass is 10.2. The summed E-state index contributed by atoms with van der Waals surface area (Å²) >= 11 is 0. The summed E-state index contributed by atoms with van der Waals surface area (Å²) in [4.78, 5) is 28.2. The van der Waals surface area contributed by atoms with Crippen molar-refractivity contribution < 1.29 is 29.3 Å². The molecule has 0 saturated carbocycles. The van der Waals surface area contributed by atoms with Gasteiger partial charge in [0.25, 0.3) is 0 Å². The lowest BCUT2D eigenvalue weighted by Crippen LogP contribution is -2.23. The Hall–Kier alpha value is -1.43. The third-order valence-electron chi connectivity index (χ3n) is 1.18. The van der Waals surface area contributed by atoms with Crippen LogP contribution >= 0.6 is 0 Å². The van der Waals surface area contributed by atoms with Crippen LogP contribution in [0.15, 0.2) is 0 Å². The first kappa shape index (κ1) is 14.1. The minimum absolute atomic E-state index is 0.00116. The van der Waals surface area contributed by atoms with Crippen molar-refractivity contribution in [3.05, 3.63) is 0 Å². The van der Waals surface area contributed by atoms with Crippen molar-refractivity contribution in [2.24, 2.45) is 0 Å². The Morgan fingerprint density at radius 3 is 2.08 bits per heavy atom. The van der Waals surface area contributed by atoms with Crippen molar-refractivity contribution in [1.82, 2.24) is 0 Å². The number of carbonyl (C=O) groups excluding carboxylic acids is 1. The smallest absolute Gasteiger partial charge is 0.332 e. The van der Waals surface area contributed by atoms with Crippen LogP contribution in [0.2, 0.25) is 0 Å². The van der Waals surface area contributed by atoms with Crippen LogP contribution in [0.3, 0.4) is 0 Å². The van der Waals surface area contributed by atoms with Crippen LogP contribution in [0.4, 0.5) is 0 Å². The van der Waals surface area contributed by atoms with Crippen LogP contribution in [0.25, 0.3) is 0 Å². The summed E-state index contributed by atoms with van der Waals surface area (Å²) in [6, 6.07) is 0. The number of rotatable bonds is 5. The molecule has 1 unspecified atom stereocenters. The van der Waals surface area contributed by atoms with Gasteiger partial charge in [-0.15, -0.1) is 0 Å². The Morgan fingerprint density at radius 1 is 1.38 bits per heavy atom. The van der Waals surface area contributed by atoms with E-state index in [0.29, 0.717) is 0 Å². The molecule has 0 aromatic heterocycles. The molecule has 0 amide bonds. The fraction of sp³-hybridized carbons (Fsp3) is 0.571. The van der Waals surface area contributed by atoms with Crippen molar-refractivity contribution in [2.75, 3.05) is 7.11 Å². The Kier molecular flexibility index (Phi) is 9.41. The van der Waals surface area contributed by atoms with Crippen molar-refractivity contribution in [1.29, 1.82) is 0 Å². The highest BCUT2D eigenvalue weighted by Crippen LogP contribution is 2.00. The molecule has 0 aliphatic heterocycles. The maximum Gasteiger partial charge on any atom is 0.332 e. The van der Waals surface area contributed by atoms with Gasteiger partial charge >= 0.3 is 11.9 Å². The molecule has 2 N–H and O–H groups in total. The van der Waals surface area contributed by atoms with Gasteiger partial charge in [0.05, 0.1) is 0 Å². The minimum atomic E-state index is -1.13. The number of aliphatic carboxylic acids is 2. The SMILES string of the molecule is C=O.COC(CCC(=O)O)C(=O)O. The molecule has 0 aliphatic carbocycles. The average Bonchev–Trinajstić information content (AvgIpc) is 2.08. The Balaban J connectivity index is 0. The summed E-state index contributed by atoms with van der Waals surface area (Å²) in [7, 11) is 1.24. The third kappa shape index (κ3) is 8.48. The molecule has 0 saturated heterocycles. The van der Waals surface area contributed by atoms with Gasteiger partial charge in [0.15, 0.2) is 6.10 Å². The molecule has 76 valence electrons. The first-order valence-corrected chi connectivity index (χ1v) is 3.34. The fourth-order valence-electron chi connectivity index (χ4n) is 0.597. The summed E-state index contributed by atoms with van der Waals surface area (Å²) in [5, 5.41) is 16.6. The zero-order valence-corrected chi connectivity index (χ0v) is 7.23. The van der Waals surface area contributed by atoms with Gasteiger partial charge < -0.3 is 19.7 Å². The molecule has 0 bridgehead atoms. The Bertz CT molecular complexity index is 166. The molecule has 0 radical (unpaired) electrons. The number of ether oxygens (including phenoxy) is 1. The highest BCUT2D eigenvalue weighted by molar-refractivity contribution is 5.74. The molecule has 0 rings (SSSR count). The van der Waals surface area contributed by atoms with Gasteiger partial charge in [0.1, 0.15) is 6.79 Å². The van der Waals surface area contributed by atoms with E-state index in [0.717, 1.165) is 0 Å². The van der Waals surface area contributed by atoms with Crippen molar-refractivity contribution in [3.8, 4) is 0 Å². The second-order valence-corrected chi connectivity index (χ2v) is 1.99. The topological polar surface area (TPSA) is 101 Å². The van der Waals surface area contributed by atoms with Crippen LogP contribution in [0, 0.1) is 0 Å². The van der Waals surface area contributed by atoms with Gasteiger partial charge in [0.2, 0.25) is 0 Å². The largest absolute Gasteiger partial charge is 0.481 e. The Morgan fingerprint density at radius 2 is 1.85 bits per heavy atom. The zero-order chi connectivity index (χ0) is 10.9.